The molecule has 1 fully saturated rings. The van der Waals surface area contributed by atoms with Crippen LogP contribution in [0, 0.1) is 0 Å². The summed E-state index contributed by atoms with van der Waals surface area (Å²) in [5, 5.41) is 6.91. The van der Waals surface area contributed by atoms with Crippen molar-refractivity contribution in [1.29, 1.82) is 0 Å². The summed E-state index contributed by atoms with van der Waals surface area (Å²) in [6.45, 7) is 3.79. The second-order valence-electron chi connectivity index (χ2n) is 7.47. The summed E-state index contributed by atoms with van der Waals surface area (Å²) < 4.78 is 1.89. The normalized spacial score (nSPS) is 15.3. The maximum atomic E-state index is 4.51. The van der Waals surface area contributed by atoms with Crippen molar-refractivity contribution in [2.45, 2.75) is 25.4 Å². The first-order valence-corrected chi connectivity index (χ1v) is 10.5. The maximum Gasteiger partial charge on any atom is 0.191 e. The van der Waals surface area contributed by atoms with Crippen LogP contribution in [0.2, 0.25) is 0 Å². The fourth-order valence-corrected chi connectivity index (χ4v) is 3.85. The molecule has 1 aromatic carbocycles. The average Bonchev–Trinajstić information content (AvgIpc) is 3.52. The van der Waals surface area contributed by atoms with E-state index in [0.29, 0.717) is 12.6 Å². The summed E-state index contributed by atoms with van der Waals surface area (Å²) >= 11 is 0. The van der Waals surface area contributed by atoms with Gasteiger partial charge in [0.25, 0.3) is 0 Å². The van der Waals surface area contributed by atoms with Crippen LogP contribution in [0.4, 0.5) is 0 Å². The number of imidazole rings is 1. The van der Waals surface area contributed by atoms with Crippen LogP contribution >= 0.6 is 24.0 Å². The van der Waals surface area contributed by atoms with Gasteiger partial charge in [0.2, 0.25) is 0 Å². The van der Waals surface area contributed by atoms with Crippen molar-refractivity contribution in [3.8, 4) is 5.82 Å². The highest BCUT2D eigenvalue weighted by atomic mass is 127. The van der Waals surface area contributed by atoms with Crippen molar-refractivity contribution in [1.82, 2.24) is 30.1 Å². The minimum Gasteiger partial charge on any atom is -0.354 e. The molecular formula is C23H30IN7. The van der Waals surface area contributed by atoms with Crippen molar-refractivity contribution in [3.05, 3.63) is 78.5 Å². The minimum atomic E-state index is 0. The Morgan fingerprint density at radius 2 is 1.90 bits per heavy atom. The Hall–Kier alpha value is -2.46. The second-order valence-corrected chi connectivity index (χ2v) is 7.47. The number of likely N-dealkylation sites (tertiary alicyclic amines) is 1. The molecule has 3 heterocycles. The molecular weight excluding hydrogens is 501 g/mol. The summed E-state index contributed by atoms with van der Waals surface area (Å²) in [5.41, 5.74) is 2.45. The lowest BCUT2D eigenvalue weighted by atomic mass is 10.1. The molecule has 0 aliphatic carbocycles. The van der Waals surface area contributed by atoms with Gasteiger partial charge < -0.3 is 10.6 Å². The zero-order valence-electron chi connectivity index (χ0n) is 17.8. The lowest BCUT2D eigenvalue weighted by Crippen LogP contribution is -2.42. The number of nitrogens with one attached hydrogen (secondary N) is 2. The fraction of sp³-hybridized carbons (Fsp3) is 0.348. The second kappa shape index (κ2) is 11.8. The van der Waals surface area contributed by atoms with Gasteiger partial charge >= 0.3 is 0 Å². The van der Waals surface area contributed by atoms with Gasteiger partial charge in [-0.3, -0.25) is 14.5 Å². The molecule has 0 saturated carbocycles. The Bertz CT molecular complexity index is 920. The Morgan fingerprint density at radius 3 is 2.55 bits per heavy atom. The zero-order valence-corrected chi connectivity index (χ0v) is 20.1. The first-order chi connectivity index (χ1) is 14.8. The summed E-state index contributed by atoms with van der Waals surface area (Å²) in [5.74, 6) is 1.66. The summed E-state index contributed by atoms with van der Waals surface area (Å²) in [4.78, 5) is 15.5. The Kier molecular flexibility index (Phi) is 8.84. The van der Waals surface area contributed by atoms with E-state index in [1.165, 1.54) is 18.4 Å². The first kappa shape index (κ1) is 23.2. The van der Waals surface area contributed by atoms with Crippen LogP contribution < -0.4 is 10.6 Å². The molecule has 0 bridgehead atoms. The van der Waals surface area contributed by atoms with Gasteiger partial charge in [-0.15, -0.1) is 24.0 Å². The van der Waals surface area contributed by atoms with E-state index in [0.717, 1.165) is 37.0 Å². The van der Waals surface area contributed by atoms with Crippen molar-refractivity contribution < 1.29 is 0 Å². The smallest absolute Gasteiger partial charge is 0.191 e. The molecule has 1 aliphatic rings. The molecule has 1 unspecified atom stereocenters. The van der Waals surface area contributed by atoms with Crippen LogP contribution in [0.1, 0.15) is 30.0 Å². The van der Waals surface area contributed by atoms with Crippen molar-refractivity contribution in [2.75, 3.05) is 26.7 Å². The molecule has 0 spiro atoms. The number of pyridine rings is 1. The van der Waals surface area contributed by atoms with E-state index in [4.69, 9.17) is 0 Å². The lowest BCUT2D eigenvalue weighted by Gasteiger charge is -2.29. The molecule has 2 aromatic heterocycles. The van der Waals surface area contributed by atoms with E-state index < -0.39 is 0 Å². The highest BCUT2D eigenvalue weighted by Crippen LogP contribution is 2.24. The monoisotopic (exact) mass is 531 g/mol. The number of aromatic nitrogens is 3. The van der Waals surface area contributed by atoms with E-state index >= 15 is 0 Å². The SMILES string of the molecule is CN=C(NCc1ccc(-n2ccnc2)nc1)NCC(c1ccccc1)N1CCCC1.I. The van der Waals surface area contributed by atoms with E-state index in [2.05, 4.69) is 66.9 Å². The number of hydrogen-bond donors (Lipinski definition) is 2. The van der Waals surface area contributed by atoms with Crippen molar-refractivity contribution in [3.63, 3.8) is 0 Å². The van der Waals surface area contributed by atoms with Crippen LogP contribution in [0.3, 0.4) is 0 Å². The van der Waals surface area contributed by atoms with Crippen molar-refractivity contribution >= 4 is 29.9 Å². The zero-order chi connectivity index (χ0) is 20.6. The predicted molar refractivity (Wildman–Crippen MR) is 135 cm³/mol. The molecule has 7 nitrogen and oxygen atoms in total. The molecule has 1 saturated heterocycles. The van der Waals surface area contributed by atoms with Gasteiger partial charge in [0.15, 0.2) is 5.96 Å². The molecule has 0 amide bonds. The van der Waals surface area contributed by atoms with Gasteiger partial charge in [0.05, 0.1) is 6.04 Å². The molecule has 164 valence electrons. The Balaban J connectivity index is 0.00000272. The number of aliphatic imine (C=N–C) groups is 1. The minimum absolute atomic E-state index is 0. The van der Waals surface area contributed by atoms with Crippen molar-refractivity contribution in [2.24, 2.45) is 4.99 Å². The molecule has 0 radical (unpaired) electrons. The molecule has 3 aromatic rings. The van der Waals surface area contributed by atoms with Crippen LogP contribution in [0.15, 0.2) is 72.4 Å². The van der Waals surface area contributed by atoms with E-state index in [9.17, 15) is 0 Å². The van der Waals surface area contributed by atoms with Gasteiger partial charge in [-0.25, -0.2) is 9.97 Å². The predicted octanol–water partition coefficient (Wildman–Crippen LogP) is 3.39. The highest BCUT2D eigenvalue weighted by molar-refractivity contribution is 14.0. The van der Waals surface area contributed by atoms with E-state index in [1.807, 2.05) is 30.1 Å². The van der Waals surface area contributed by atoms with Gasteiger partial charge in [-0.2, -0.15) is 0 Å². The highest BCUT2D eigenvalue weighted by Gasteiger charge is 2.23. The molecule has 1 aliphatic heterocycles. The van der Waals surface area contributed by atoms with Crippen LogP contribution in [0.25, 0.3) is 5.82 Å². The number of nitrogens with zero attached hydrogens (tertiary/aromatic N) is 5. The standard InChI is InChI=1S/C23H29N7.HI/c1-24-23(27-16-19-9-10-22(26-15-19)30-14-11-25-18-30)28-17-21(29-12-5-6-13-29)20-7-3-2-4-8-20;/h2-4,7-11,14-15,18,21H,5-6,12-13,16-17H2,1H3,(H2,24,27,28);1H. The molecule has 2 N–H and O–H groups in total. The number of rotatable bonds is 7. The first-order valence-electron chi connectivity index (χ1n) is 10.5. The Labute approximate surface area is 201 Å². The number of benzene rings is 1. The third-order valence-electron chi connectivity index (χ3n) is 5.49. The van der Waals surface area contributed by atoms with Crippen LogP contribution in [-0.4, -0.2) is 52.1 Å². The summed E-state index contributed by atoms with van der Waals surface area (Å²) in [7, 11) is 1.81. The summed E-state index contributed by atoms with van der Waals surface area (Å²) in [6, 6.07) is 15.2. The van der Waals surface area contributed by atoms with E-state index in [1.54, 1.807) is 12.5 Å². The average molecular weight is 531 g/mol. The van der Waals surface area contributed by atoms with Gasteiger partial charge in [-0.1, -0.05) is 36.4 Å². The third-order valence-corrected chi connectivity index (χ3v) is 5.49. The van der Waals surface area contributed by atoms with Crippen LogP contribution in [-0.2, 0) is 6.54 Å². The third kappa shape index (κ3) is 6.27. The van der Waals surface area contributed by atoms with Crippen LogP contribution in [0.5, 0.6) is 0 Å². The van der Waals surface area contributed by atoms with E-state index in [-0.39, 0.29) is 24.0 Å². The van der Waals surface area contributed by atoms with Gasteiger partial charge in [0, 0.05) is 38.7 Å². The number of guanidine groups is 1. The fourth-order valence-electron chi connectivity index (χ4n) is 3.85. The molecule has 4 rings (SSSR count). The number of halogens is 1. The Morgan fingerprint density at radius 1 is 1.10 bits per heavy atom. The quantitative estimate of drug-likeness (QED) is 0.278. The summed E-state index contributed by atoms with van der Waals surface area (Å²) in [6.07, 6.45) is 9.81. The lowest BCUT2D eigenvalue weighted by molar-refractivity contribution is 0.245. The van der Waals surface area contributed by atoms with Gasteiger partial charge in [-0.05, 0) is 43.1 Å². The molecule has 1 atom stereocenters. The largest absolute Gasteiger partial charge is 0.354 e. The molecule has 8 heteroatoms. The molecule has 31 heavy (non-hydrogen) atoms. The number of hydrogen-bond acceptors (Lipinski definition) is 4. The maximum absolute atomic E-state index is 4.51. The topological polar surface area (TPSA) is 70.4 Å². The van der Waals surface area contributed by atoms with Gasteiger partial charge in [0.1, 0.15) is 12.1 Å².